The number of unbranched alkanes of at least 4 members (excludes halogenated alkanes) is 1. The fourth-order valence-electron chi connectivity index (χ4n) is 11.5. The molecule has 376 valence electrons. The number of nitrogens with one attached hydrogen (secondary N) is 1. The zero-order chi connectivity index (χ0) is 50.7. The largest absolute Gasteiger partial charge is 0.461 e. The molecule has 0 radical (unpaired) electrons. The predicted octanol–water partition coefficient (Wildman–Crippen LogP) is 8.65. The fraction of sp³-hybridized carbons (Fsp3) is 0.456. The monoisotopic (exact) mass is 985 g/mol. The molecule has 0 spiro atoms. The fourth-order valence-corrected chi connectivity index (χ4v) is 13.9. The van der Waals surface area contributed by atoms with E-state index in [4.69, 9.17) is 23.4 Å². The van der Waals surface area contributed by atoms with Crippen LogP contribution in [0.5, 0.6) is 0 Å². The number of fused-ring (bicyclic) bond motifs is 5. The first-order valence-corrected chi connectivity index (χ1v) is 28.0. The molecule has 1 aliphatic heterocycles. The van der Waals surface area contributed by atoms with Crippen LogP contribution in [0.4, 0.5) is 0 Å². The second-order valence-corrected chi connectivity index (χ2v) is 25.4. The van der Waals surface area contributed by atoms with Crippen molar-refractivity contribution in [2.45, 2.75) is 134 Å². The highest BCUT2D eigenvalue weighted by atomic mass is 28.4. The van der Waals surface area contributed by atoms with E-state index in [-0.39, 0.29) is 61.8 Å². The minimum Gasteiger partial charge on any atom is -0.461 e. The van der Waals surface area contributed by atoms with Gasteiger partial charge in [0.25, 0.3) is 5.91 Å². The summed E-state index contributed by atoms with van der Waals surface area (Å²) < 4.78 is 31.9. The Labute approximate surface area is 417 Å². The predicted molar refractivity (Wildman–Crippen MR) is 267 cm³/mol. The first-order valence-electron chi connectivity index (χ1n) is 24.8. The third-order valence-electron chi connectivity index (χ3n) is 15.9. The Kier molecular flexibility index (Phi) is 15.4. The molecule has 1 amide bonds. The SMILES string of the molecule is CC1=C2CC(=O)[C@@]3(C)C(C4CO[C@@H]4C[C@@H]3O[Si](C)(C)CCCCC(=O)OCc3ccccc3)[C@H](OC(=O)c3ccccc3)[C@](O)(C[C@@H]1OC(=O)[C@H](O)[C@@H](NC(=O)c1ccccc1)c1ccccc1)C2(C)C. The van der Waals surface area contributed by atoms with Gasteiger partial charge in [-0.3, -0.25) is 14.4 Å². The van der Waals surface area contributed by atoms with Gasteiger partial charge in [-0.05, 0) is 86.8 Å². The molecule has 1 heterocycles. The molecular formula is C57H67NO12Si. The molecule has 4 aromatic rings. The molecule has 4 aromatic carbocycles. The Hall–Kier alpha value is -5.77. The lowest BCUT2D eigenvalue weighted by molar-refractivity contribution is -0.272. The van der Waals surface area contributed by atoms with Gasteiger partial charge in [-0.25, -0.2) is 9.59 Å². The quantitative estimate of drug-likeness (QED) is 0.0301. The molecule has 2 bridgehead atoms. The van der Waals surface area contributed by atoms with Crippen LogP contribution in [-0.2, 0) is 44.4 Å². The summed E-state index contributed by atoms with van der Waals surface area (Å²) >= 11 is 0. The van der Waals surface area contributed by atoms with Crippen LogP contribution < -0.4 is 5.32 Å². The molecule has 2 saturated carbocycles. The number of carbonyl (C=O) groups is 5. The van der Waals surface area contributed by atoms with E-state index >= 15 is 4.79 Å². The van der Waals surface area contributed by atoms with E-state index in [0.29, 0.717) is 47.6 Å². The number of esters is 3. The van der Waals surface area contributed by atoms with Crippen molar-refractivity contribution in [3.8, 4) is 0 Å². The van der Waals surface area contributed by atoms with Crippen molar-refractivity contribution in [3.05, 3.63) is 155 Å². The molecule has 3 fully saturated rings. The standard InChI is InChI=1S/C57H67NO12Si/c1-36-42-31-45(59)56(4)46(70-71(5,6)30-20-19-29-47(60)67-34-37-21-11-7-12-22-37)32-43-41(35-66-43)48(56)51(69-53(63)40-27-17-10-18-28-40)57(65,55(42,2)3)33-44(36)68-54(64)50(61)49(38-23-13-8-14-24-38)58-52(62)39-25-15-9-16-26-39/h7-18,21-28,41,43-44,46,48-51,61,65H,19-20,29-35H2,1-6H3,(H,58,62)/t41?,43-,44+,46+,48?,49+,50-,51+,56-,57-/m1/s1. The van der Waals surface area contributed by atoms with Crippen LogP contribution in [0.15, 0.2) is 132 Å². The summed E-state index contributed by atoms with van der Waals surface area (Å²) in [6.45, 7) is 12.0. The summed E-state index contributed by atoms with van der Waals surface area (Å²) in [5.41, 5.74) is -1.43. The Bertz CT molecular complexity index is 2590. The molecule has 14 heteroatoms. The number of aliphatic hydroxyl groups is 2. The van der Waals surface area contributed by atoms with Crippen LogP contribution in [0.2, 0.25) is 19.1 Å². The van der Waals surface area contributed by atoms with Crippen molar-refractivity contribution in [2.24, 2.45) is 22.7 Å². The van der Waals surface area contributed by atoms with Gasteiger partial charge >= 0.3 is 17.9 Å². The third-order valence-corrected chi connectivity index (χ3v) is 18.4. The van der Waals surface area contributed by atoms with Gasteiger partial charge in [-0.1, -0.05) is 123 Å². The normalized spacial score (nSPS) is 27.5. The van der Waals surface area contributed by atoms with Gasteiger partial charge in [0.1, 0.15) is 30.2 Å². The molecular weight excluding hydrogens is 919 g/mol. The minimum atomic E-state index is -2.59. The van der Waals surface area contributed by atoms with E-state index in [0.717, 1.165) is 5.56 Å². The summed E-state index contributed by atoms with van der Waals surface area (Å²) in [4.78, 5) is 70.6. The van der Waals surface area contributed by atoms with Crippen LogP contribution >= 0.6 is 0 Å². The number of benzene rings is 4. The first kappa shape index (κ1) is 51.6. The minimum absolute atomic E-state index is 0.116. The Morgan fingerprint density at radius 1 is 0.831 bits per heavy atom. The topological polar surface area (TPSA) is 184 Å². The van der Waals surface area contributed by atoms with Crippen molar-refractivity contribution in [1.29, 1.82) is 0 Å². The Morgan fingerprint density at radius 3 is 2.06 bits per heavy atom. The van der Waals surface area contributed by atoms with Crippen molar-refractivity contribution in [3.63, 3.8) is 0 Å². The zero-order valence-electron chi connectivity index (χ0n) is 41.5. The number of carbonyl (C=O) groups excluding carboxylic acids is 5. The highest BCUT2D eigenvalue weighted by Crippen LogP contribution is 2.63. The molecule has 1 saturated heterocycles. The lowest BCUT2D eigenvalue weighted by atomic mass is 9.46. The van der Waals surface area contributed by atoms with Gasteiger partial charge in [0.2, 0.25) is 0 Å². The molecule has 4 aliphatic rings. The average Bonchev–Trinajstić information content (AvgIpc) is 3.36. The maximum atomic E-state index is 15.6. The van der Waals surface area contributed by atoms with Crippen LogP contribution in [0.1, 0.15) is 104 Å². The smallest absolute Gasteiger partial charge is 0.338 e. The number of ether oxygens (including phenoxy) is 4. The van der Waals surface area contributed by atoms with E-state index in [1.807, 2.05) is 51.1 Å². The third kappa shape index (κ3) is 10.6. The van der Waals surface area contributed by atoms with Crippen LogP contribution in [-0.4, -0.2) is 90.9 Å². The van der Waals surface area contributed by atoms with Crippen LogP contribution in [0.3, 0.4) is 0 Å². The highest BCUT2D eigenvalue weighted by Gasteiger charge is 2.71. The second kappa shape index (κ2) is 21.1. The van der Waals surface area contributed by atoms with Gasteiger partial charge in [0.05, 0.1) is 35.8 Å². The van der Waals surface area contributed by atoms with Crippen LogP contribution in [0, 0.1) is 22.7 Å². The van der Waals surface area contributed by atoms with Crippen molar-refractivity contribution >= 4 is 37.9 Å². The number of hydrogen-bond donors (Lipinski definition) is 3. The molecule has 0 aromatic heterocycles. The summed E-state index contributed by atoms with van der Waals surface area (Å²) in [6.07, 6.45) is -3.79. The zero-order valence-corrected chi connectivity index (χ0v) is 42.5. The highest BCUT2D eigenvalue weighted by molar-refractivity contribution is 6.71. The number of Topliss-reactive ketones (excluding diaryl/α,β-unsaturated/α-hetero) is 1. The number of aliphatic hydroxyl groups excluding tert-OH is 1. The van der Waals surface area contributed by atoms with Crippen LogP contribution in [0.25, 0.3) is 0 Å². The van der Waals surface area contributed by atoms with E-state index in [1.165, 1.54) is 0 Å². The van der Waals surface area contributed by atoms with Crippen molar-refractivity contribution in [1.82, 2.24) is 5.32 Å². The van der Waals surface area contributed by atoms with Gasteiger partial charge in [-0.2, -0.15) is 0 Å². The first-order chi connectivity index (χ1) is 33.8. The number of hydrogen-bond acceptors (Lipinski definition) is 12. The molecule has 71 heavy (non-hydrogen) atoms. The summed E-state index contributed by atoms with van der Waals surface area (Å²) in [5.74, 6) is -3.79. The molecule has 3 N–H and O–H groups in total. The maximum absolute atomic E-state index is 15.6. The molecule has 13 nitrogen and oxygen atoms in total. The Balaban J connectivity index is 1.10. The maximum Gasteiger partial charge on any atom is 0.338 e. The molecule has 2 unspecified atom stereocenters. The van der Waals surface area contributed by atoms with E-state index in [2.05, 4.69) is 18.4 Å². The average molecular weight is 986 g/mol. The number of ketones is 1. The molecule has 10 atom stereocenters. The number of amides is 1. The summed E-state index contributed by atoms with van der Waals surface area (Å²) in [5, 5.41) is 28.5. The summed E-state index contributed by atoms with van der Waals surface area (Å²) in [7, 11) is -2.59. The van der Waals surface area contributed by atoms with E-state index in [1.54, 1.807) is 97.9 Å². The van der Waals surface area contributed by atoms with Gasteiger partial charge in [0.15, 0.2) is 14.4 Å². The van der Waals surface area contributed by atoms with Gasteiger partial charge < -0.3 is 38.9 Å². The van der Waals surface area contributed by atoms with E-state index < -0.39 is 79.0 Å². The number of rotatable bonds is 17. The van der Waals surface area contributed by atoms with Gasteiger partial charge in [-0.15, -0.1) is 0 Å². The van der Waals surface area contributed by atoms with Crippen molar-refractivity contribution in [2.75, 3.05) is 6.61 Å². The Morgan fingerprint density at radius 2 is 1.44 bits per heavy atom. The summed E-state index contributed by atoms with van der Waals surface area (Å²) in [6, 6.07) is 34.6. The lowest BCUT2D eigenvalue weighted by Gasteiger charge is -2.64. The van der Waals surface area contributed by atoms with Gasteiger partial charge in [0, 0.05) is 42.1 Å². The van der Waals surface area contributed by atoms with Crippen molar-refractivity contribution < 1.29 is 57.6 Å². The molecule has 3 aliphatic carbocycles. The lowest BCUT2D eigenvalue weighted by Crippen LogP contribution is -2.74. The second-order valence-electron chi connectivity index (χ2n) is 21.1. The molecule has 8 rings (SSSR count). The van der Waals surface area contributed by atoms with E-state index in [9.17, 15) is 29.4 Å².